The predicted octanol–water partition coefficient (Wildman–Crippen LogP) is 3.48. The van der Waals surface area contributed by atoms with Crippen molar-refractivity contribution in [3.63, 3.8) is 0 Å². The molecule has 0 unspecified atom stereocenters. The third-order valence-electron chi connectivity index (χ3n) is 6.95. The topological polar surface area (TPSA) is 84.3 Å². The Morgan fingerprint density at radius 3 is 1.56 bits per heavy atom. The number of aryl methyl sites for hydroxylation is 2. The van der Waals surface area contributed by atoms with Crippen LogP contribution in [-0.4, -0.2) is 60.0 Å². The molecule has 2 atom stereocenters. The summed E-state index contributed by atoms with van der Waals surface area (Å²) in [4.78, 5) is 13.4. The highest BCUT2D eigenvalue weighted by Gasteiger charge is 2.25. The summed E-state index contributed by atoms with van der Waals surface area (Å²) in [5.41, 5.74) is 16.8. The van der Waals surface area contributed by atoms with E-state index < -0.39 is 0 Å². The average molecular weight is 439 g/mol. The number of nitrogens with two attached hydrogens (primary N) is 2. The Kier molecular flexibility index (Phi) is 10.1. The summed E-state index contributed by atoms with van der Waals surface area (Å²) < 4.78 is 0. The van der Waals surface area contributed by atoms with E-state index in [2.05, 4.69) is 46.0 Å². The molecule has 0 amide bonds. The predicted molar refractivity (Wildman–Crippen MR) is 132 cm³/mol. The minimum Gasteiger partial charge on any atom is -0.330 e. The highest BCUT2D eigenvalue weighted by atomic mass is 15.2. The van der Waals surface area contributed by atoms with E-state index in [4.69, 9.17) is 11.5 Å². The van der Waals surface area contributed by atoms with Crippen molar-refractivity contribution in [3.8, 4) is 0 Å². The third kappa shape index (κ3) is 6.58. The molecule has 32 heavy (non-hydrogen) atoms. The highest BCUT2D eigenvalue weighted by Crippen LogP contribution is 2.33. The van der Waals surface area contributed by atoms with Crippen molar-refractivity contribution in [2.45, 2.75) is 63.5 Å². The monoisotopic (exact) mass is 438 g/mol. The van der Waals surface area contributed by atoms with E-state index in [1.807, 2.05) is 24.8 Å². The first-order valence-corrected chi connectivity index (χ1v) is 12.3. The van der Waals surface area contributed by atoms with Crippen LogP contribution in [0.3, 0.4) is 0 Å². The number of rotatable bonds is 8. The summed E-state index contributed by atoms with van der Waals surface area (Å²) in [7, 11) is 4.41. The summed E-state index contributed by atoms with van der Waals surface area (Å²) in [5, 5.41) is 0. The summed E-state index contributed by atoms with van der Waals surface area (Å²) in [6.07, 6.45) is 17.3. The largest absolute Gasteiger partial charge is 0.330 e. The minimum absolute atomic E-state index is 0.571. The lowest BCUT2D eigenvalue weighted by atomic mass is 9.98. The molecule has 6 nitrogen and oxygen atoms in total. The van der Waals surface area contributed by atoms with Crippen molar-refractivity contribution in [3.05, 3.63) is 59.2 Å². The van der Waals surface area contributed by atoms with Gasteiger partial charge in [-0.1, -0.05) is 0 Å². The van der Waals surface area contributed by atoms with Gasteiger partial charge in [0.2, 0.25) is 0 Å². The van der Waals surface area contributed by atoms with Gasteiger partial charge in [-0.3, -0.25) is 19.8 Å². The van der Waals surface area contributed by atoms with Crippen LogP contribution >= 0.6 is 0 Å². The zero-order valence-corrected chi connectivity index (χ0v) is 20.0. The molecule has 176 valence electrons. The first-order valence-electron chi connectivity index (χ1n) is 12.3. The molecule has 4 heterocycles. The molecule has 2 saturated heterocycles. The van der Waals surface area contributed by atoms with E-state index in [-0.39, 0.29) is 0 Å². The van der Waals surface area contributed by atoms with E-state index in [0.29, 0.717) is 12.1 Å². The van der Waals surface area contributed by atoms with Crippen molar-refractivity contribution >= 4 is 0 Å². The Hall–Kier alpha value is -1.86. The Labute approximate surface area is 194 Å². The quantitative estimate of drug-likeness (QED) is 0.656. The van der Waals surface area contributed by atoms with Crippen molar-refractivity contribution in [1.29, 1.82) is 0 Å². The van der Waals surface area contributed by atoms with Crippen LogP contribution in [0.2, 0.25) is 0 Å². The summed E-state index contributed by atoms with van der Waals surface area (Å²) in [5.74, 6) is 0. The van der Waals surface area contributed by atoms with Gasteiger partial charge in [-0.25, -0.2) is 0 Å². The Morgan fingerprint density at radius 2 is 1.22 bits per heavy atom. The minimum atomic E-state index is 0.571. The molecule has 0 aliphatic carbocycles. The summed E-state index contributed by atoms with van der Waals surface area (Å²) in [6, 6.07) is 5.44. The van der Waals surface area contributed by atoms with Crippen LogP contribution in [0.4, 0.5) is 0 Å². The van der Waals surface area contributed by atoms with Gasteiger partial charge in [-0.15, -0.1) is 0 Å². The van der Waals surface area contributed by atoms with Crippen LogP contribution in [0, 0.1) is 0 Å². The molecular weight excluding hydrogens is 396 g/mol. The number of pyridine rings is 2. The lowest BCUT2D eigenvalue weighted by Crippen LogP contribution is -2.19. The van der Waals surface area contributed by atoms with Crippen molar-refractivity contribution in [2.75, 3.05) is 40.3 Å². The lowest BCUT2D eigenvalue weighted by Gasteiger charge is -2.22. The Bertz CT molecular complexity index is 743. The first kappa shape index (κ1) is 24.8. The van der Waals surface area contributed by atoms with E-state index in [0.717, 1.165) is 38.8 Å². The van der Waals surface area contributed by atoms with Gasteiger partial charge in [0.15, 0.2) is 0 Å². The van der Waals surface area contributed by atoms with Gasteiger partial charge in [0, 0.05) is 36.9 Å². The molecule has 6 heteroatoms. The number of nitrogens with zero attached hydrogens (tertiary/aromatic N) is 4. The summed E-state index contributed by atoms with van der Waals surface area (Å²) >= 11 is 0. The van der Waals surface area contributed by atoms with Crippen molar-refractivity contribution < 1.29 is 0 Å². The zero-order chi connectivity index (χ0) is 22.8. The van der Waals surface area contributed by atoms with Crippen molar-refractivity contribution in [1.82, 2.24) is 19.8 Å². The number of aromatic nitrogens is 2. The second-order valence-electron chi connectivity index (χ2n) is 9.21. The molecule has 2 aliphatic heterocycles. The molecule has 4 N–H and O–H groups in total. The van der Waals surface area contributed by atoms with Crippen LogP contribution in [0.15, 0.2) is 36.9 Å². The van der Waals surface area contributed by atoms with E-state index in [9.17, 15) is 0 Å². The fraction of sp³-hybridized carbons (Fsp3) is 0.615. The van der Waals surface area contributed by atoms with Crippen molar-refractivity contribution in [2.24, 2.45) is 11.5 Å². The van der Waals surface area contributed by atoms with Gasteiger partial charge < -0.3 is 11.5 Å². The molecule has 0 bridgehead atoms. The average Bonchev–Trinajstić information content (AvgIpc) is 3.45. The lowest BCUT2D eigenvalue weighted by molar-refractivity contribution is 0.315. The second-order valence-corrected chi connectivity index (χ2v) is 9.21. The van der Waals surface area contributed by atoms with Gasteiger partial charge in [-0.2, -0.15) is 0 Å². The van der Waals surface area contributed by atoms with E-state index in [1.165, 1.54) is 61.0 Å². The van der Waals surface area contributed by atoms with E-state index >= 15 is 0 Å². The fourth-order valence-electron chi connectivity index (χ4n) is 5.12. The van der Waals surface area contributed by atoms with Gasteiger partial charge in [0.05, 0.1) is 0 Å². The van der Waals surface area contributed by atoms with Gasteiger partial charge in [0.1, 0.15) is 0 Å². The normalized spacial score (nSPS) is 21.5. The maximum Gasteiger partial charge on any atom is 0.0363 e. The molecule has 4 rings (SSSR count). The van der Waals surface area contributed by atoms with Crippen LogP contribution < -0.4 is 11.5 Å². The maximum absolute atomic E-state index is 5.58. The van der Waals surface area contributed by atoms with Gasteiger partial charge >= 0.3 is 0 Å². The SMILES string of the molecule is CN1CCC[C@H]1c1cnccc1CCCN.CN1CCC[C@H]1c1cnccc1CCCN. The molecule has 2 fully saturated rings. The fourth-order valence-corrected chi connectivity index (χ4v) is 5.12. The second kappa shape index (κ2) is 13.0. The van der Waals surface area contributed by atoms with E-state index in [1.54, 1.807) is 0 Å². The molecule has 0 spiro atoms. The Balaban J connectivity index is 0.000000181. The molecule has 0 aromatic carbocycles. The van der Waals surface area contributed by atoms with Crippen LogP contribution in [0.1, 0.15) is 72.9 Å². The molecule has 0 saturated carbocycles. The van der Waals surface area contributed by atoms with Gasteiger partial charge in [0.25, 0.3) is 0 Å². The molecule has 2 aromatic heterocycles. The highest BCUT2D eigenvalue weighted by molar-refractivity contribution is 5.28. The molecule has 0 radical (unpaired) electrons. The first-order chi connectivity index (χ1) is 15.7. The standard InChI is InChI=1S/2C13H21N3/c2*1-16-9-3-5-13(16)12-10-15-8-6-11(12)4-2-7-14/h2*6,8,10,13H,2-5,7,9,14H2,1H3/t2*13-/m00/s1. The molecule has 2 aromatic rings. The number of hydrogen-bond acceptors (Lipinski definition) is 6. The molecular formula is C26H42N6. The van der Waals surface area contributed by atoms with Crippen LogP contribution in [0.5, 0.6) is 0 Å². The zero-order valence-electron chi connectivity index (χ0n) is 20.0. The number of likely N-dealkylation sites (tertiary alicyclic amines) is 2. The summed E-state index contributed by atoms with van der Waals surface area (Å²) in [6.45, 7) is 3.94. The van der Waals surface area contributed by atoms with Crippen LogP contribution in [-0.2, 0) is 12.8 Å². The molecule has 2 aliphatic rings. The number of hydrogen-bond donors (Lipinski definition) is 2. The third-order valence-corrected chi connectivity index (χ3v) is 6.95. The van der Waals surface area contributed by atoms with Crippen LogP contribution in [0.25, 0.3) is 0 Å². The maximum atomic E-state index is 5.58. The Morgan fingerprint density at radius 1 is 0.781 bits per heavy atom. The smallest absolute Gasteiger partial charge is 0.0363 e. The van der Waals surface area contributed by atoms with Gasteiger partial charge in [-0.05, 0) is 126 Å².